The molecule has 1 aromatic rings. The van der Waals surface area contributed by atoms with Gasteiger partial charge in [0, 0.05) is 31.4 Å². The summed E-state index contributed by atoms with van der Waals surface area (Å²) in [7, 11) is 0. The third kappa shape index (κ3) is 2.48. The number of aromatic nitrogens is 1. The lowest BCUT2D eigenvalue weighted by molar-refractivity contribution is 0.0677. The molecule has 4 nitrogen and oxygen atoms in total. The van der Waals surface area contributed by atoms with Crippen LogP contribution < -0.4 is 0 Å². The molecule has 18 heavy (non-hydrogen) atoms. The Morgan fingerprint density at radius 1 is 1.56 bits per heavy atom. The smallest absolute Gasteiger partial charge is 0.352 e. The van der Waals surface area contributed by atoms with Gasteiger partial charge in [-0.05, 0) is 31.9 Å². The molecule has 1 atom stereocenters. The Balaban J connectivity index is 2.03. The summed E-state index contributed by atoms with van der Waals surface area (Å²) < 4.78 is 1.90. The summed E-state index contributed by atoms with van der Waals surface area (Å²) in [5.74, 6) is -0.845. The summed E-state index contributed by atoms with van der Waals surface area (Å²) in [6, 6.07) is 4.18. The van der Waals surface area contributed by atoms with E-state index in [4.69, 9.17) is 5.11 Å². The molecule has 0 radical (unpaired) electrons. The Labute approximate surface area is 108 Å². The number of likely N-dealkylation sites (tertiary alicyclic amines) is 1. The van der Waals surface area contributed by atoms with Gasteiger partial charge in [-0.1, -0.05) is 6.08 Å². The Bertz CT molecular complexity index is 431. The van der Waals surface area contributed by atoms with Crippen molar-refractivity contribution in [2.24, 2.45) is 0 Å². The molecule has 2 heterocycles. The van der Waals surface area contributed by atoms with Gasteiger partial charge in [-0.2, -0.15) is 0 Å². The van der Waals surface area contributed by atoms with E-state index in [1.807, 2.05) is 22.9 Å². The van der Waals surface area contributed by atoms with E-state index in [0.717, 1.165) is 25.9 Å². The maximum Gasteiger partial charge on any atom is 0.352 e. The molecule has 0 amide bonds. The van der Waals surface area contributed by atoms with Gasteiger partial charge in [0.05, 0.1) is 0 Å². The average molecular weight is 248 g/mol. The first kappa shape index (κ1) is 12.9. The van der Waals surface area contributed by atoms with Gasteiger partial charge in [-0.25, -0.2) is 4.79 Å². The monoisotopic (exact) mass is 248 g/mol. The predicted octanol–water partition coefficient (Wildman–Crippen LogP) is 2.40. The highest BCUT2D eigenvalue weighted by Gasteiger charge is 2.24. The molecular formula is C14H20N2O2. The van der Waals surface area contributed by atoms with Gasteiger partial charge in [0.2, 0.25) is 0 Å². The maximum absolute atomic E-state index is 11.1. The quantitative estimate of drug-likeness (QED) is 0.832. The average Bonchev–Trinajstić information content (AvgIpc) is 2.87. The number of hydrogen-bond donors (Lipinski definition) is 1. The molecule has 4 heteroatoms. The highest BCUT2D eigenvalue weighted by atomic mass is 16.4. The van der Waals surface area contributed by atoms with Crippen molar-refractivity contribution in [3.05, 3.63) is 36.7 Å². The summed E-state index contributed by atoms with van der Waals surface area (Å²) >= 11 is 0. The second-order valence-corrected chi connectivity index (χ2v) is 4.85. The Morgan fingerprint density at radius 2 is 2.22 bits per heavy atom. The fourth-order valence-corrected chi connectivity index (χ4v) is 2.61. The highest BCUT2D eigenvalue weighted by molar-refractivity contribution is 5.85. The highest BCUT2D eigenvalue weighted by Crippen LogP contribution is 2.25. The van der Waals surface area contributed by atoms with Gasteiger partial charge in [-0.15, -0.1) is 6.58 Å². The molecule has 0 saturated carbocycles. The number of nitrogens with zero attached hydrogens (tertiary/aromatic N) is 2. The first-order valence-electron chi connectivity index (χ1n) is 6.40. The van der Waals surface area contributed by atoms with Crippen molar-refractivity contribution in [3.63, 3.8) is 0 Å². The molecule has 1 aliphatic rings. The molecule has 1 unspecified atom stereocenters. The van der Waals surface area contributed by atoms with E-state index in [9.17, 15) is 4.79 Å². The van der Waals surface area contributed by atoms with Crippen molar-refractivity contribution in [2.45, 2.75) is 31.8 Å². The minimum absolute atomic E-state index is 0.305. The molecule has 98 valence electrons. The van der Waals surface area contributed by atoms with E-state index in [2.05, 4.69) is 18.4 Å². The number of aromatic carboxylic acids is 1. The van der Waals surface area contributed by atoms with Crippen LogP contribution in [0.25, 0.3) is 0 Å². The van der Waals surface area contributed by atoms with Gasteiger partial charge >= 0.3 is 5.97 Å². The number of piperidine rings is 1. The van der Waals surface area contributed by atoms with Gasteiger partial charge in [0.1, 0.15) is 5.69 Å². The molecule has 0 aromatic carbocycles. The van der Waals surface area contributed by atoms with Gasteiger partial charge < -0.3 is 9.67 Å². The molecule has 2 rings (SSSR count). The minimum Gasteiger partial charge on any atom is -0.477 e. The SMILES string of the molecule is C=CC(C)N1CCC(n2cccc2C(=O)O)CC1. The Hall–Kier alpha value is -1.55. The fourth-order valence-electron chi connectivity index (χ4n) is 2.61. The van der Waals surface area contributed by atoms with Crippen LogP contribution in [0.4, 0.5) is 0 Å². The first-order valence-corrected chi connectivity index (χ1v) is 6.40. The lowest BCUT2D eigenvalue weighted by atomic mass is 10.0. The summed E-state index contributed by atoms with van der Waals surface area (Å²) in [4.78, 5) is 13.5. The van der Waals surface area contributed by atoms with Crippen LogP contribution in [-0.2, 0) is 0 Å². The molecule has 1 aromatic heterocycles. The predicted molar refractivity (Wildman–Crippen MR) is 70.9 cm³/mol. The summed E-state index contributed by atoms with van der Waals surface area (Å²) in [6.07, 6.45) is 5.82. The lowest BCUT2D eigenvalue weighted by Gasteiger charge is -2.35. The van der Waals surface area contributed by atoms with Crippen molar-refractivity contribution < 1.29 is 9.90 Å². The molecule has 0 spiro atoms. The van der Waals surface area contributed by atoms with Gasteiger partial charge in [0.15, 0.2) is 0 Å². The van der Waals surface area contributed by atoms with Crippen LogP contribution in [0.3, 0.4) is 0 Å². The van der Waals surface area contributed by atoms with Crippen LogP contribution in [0, 0.1) is 0 Å². The lowest BCUT2D eigenvalue weighted by Crippen LogP contribution is -2.39. The number of carboxylic acid groups (broad SMARTS) is 1. The topological polar surface area (TPSA) is 45.5 Å². The van der Waals surface area contributed by atoms with E-state index < -0.39 is 5.97 Å². The van der Waals surface area contributed by atoms with E-state index in [1.165, 1.54) is 0 Å². The van der Waals surface area contributed by atoms with Crippen molar-refractivity contribution >= 4 is 5.97 Å². The Kier molecular flexibility index (Phi) is 3.87. The van der Waals surface area contributed by atoms with Crippen LogP contribution in [-0.4, -0.2) is 39.7 Å². The van der Waals surface area contributed by atoms with Crippen LogP contribution in [0.15, 0.2) is 31.0 Å². The van der Waals surface area contributed by atoms with Crippen LogP contribution >= 0.6 is 0 Å². The second-order valence-electron chi connectivity index (χ2n) is 4.85. The van der Waals surface area contributed by atoms with Gasteiger partial charge in [0.25, 0.3) is 0 Å². The number of carboxylic acids is 1. The normalized spacial score (nSPS) is 19.6. The second kappa shape index (κ2) is 5.40. The van der Waals surface area contributed by atoms with Crippen molar-refractivity contribution in [1.29, 1.82) is 0 Å². The third-order valence-electron chi connectivity index (χ3n) is 3.81. The van der Waals surface area contributed by atoms with Crippen molar-refractivity contribution in [1.82, 2.24) is 9.47 Å². The zero-order chi connectivity index (χ0) is 13.1. The van der Waals surface area contributed by atoms with Gasteiger partial charge in [-0.3, -0.25) is 4.90 Å². The molecule has 1 fully saturated rings. The molecular weight excluding hydrogens is 228 g/mol. The van der Waals surface area contributed by atoms with Crippen molar-refractivity contribution in [2.75, 3.05) is 13.1 Å². The van der Waals surface area contributed by atoms with E-state index in [-0.39, 0.29) is 0 Å². The third-order valence-corrected chi connectivity index (χ3v) is 3.81. The van der Waals surface area contributed by atoms with Crippen LogP contribution in [0.5, 0.6) is 0 Å². The fraction of sp³-hybridized carbons (Fsp3) is 0.500. The number of hydrogen-bond acceptors (Lipinski definition) is 2. The Morgan fingerprint density at radius 3 is 2.78 bits per heavy atom. The van der Waals surface area contributed by atoms with E-state index in [1.54, 1.807) is 6.07 Å². The number of rotatable bonds is 4. The zero-order valence-electron chi connectivity index (χ0n) is 10.7. The molecule has 1 N–H and O–H groups in total. The molecule has 0 aliphatic carbocycles. The molecule has 1 saturated heterocycles. The van der Waals surface area contributed by atoms with E-state index >= 15 is 0 Å². The van der Waals surface area contributed by atoms with Crippen LogP contribution in [0.1, 0.15) is 36.3 Å². The first-order chi connectivity index (χ1) is 8.63. The summed E-state index contributed by atoms with van der Waals surface area (Å²) in [5.41, 5.74) is 0.394. The summed E-state index contributed by atoms with van der Waals surface area (Å²) in [5, 5.41) is 9.12. The summed E-state index contributed by atoms with van der Waals surface area (Å²) in [6.45, 7) is 7.95. The standard InChI is InChI=1S/C14H20N2O2/c1-3-11(2)15-9-6-12(7-10-15)16-8-4-5-13(16)14(17)18/h3-5,8,11-12H,1,6-7,9-10H2,2H3,(H,17,18). The minimum atomic E-state index is -0.845. The molecule has 1 aliphatic heterocycles. The zero-order valence-corrected chi connectivity index (χ0v) is 10.7. The van der Waals surface area contributed by atoms with Crippen LogP contribution in [0.2, 0.25) is 0 Å². The maximum atomic E-state index is 11.1. The molecule has 0 bridgehead atoms. The largest absolute Gasteiger partial charge is 0.477 e. The van der Waals surface area contributed by atoms with Crippen molar-refractivity contribution in [3.8, 4) is 0 Å². The van der Waals surface area contributed by atoms with E-state index in [0.29, 0.717) is 17.8 Å². The number of carbonyl (C=O) groups is 1.